The molecule has 0 atom stereocenters. The molecule has 0 saturated heterocycles. The Morgan fingerprint density at radius 1 is 1.55 bits per heavy atom. The van der Waals surface area contributed by atoms with Gasteiger partial charge >= 0.3 is 5.97 Å². The molecular weight excluding hydrogens is 278 g/mol. The molecule has 2 aromatic heterocycles. The third-order valence-corrected chi connectivity index (χ3v) is 4.26. The molecule has 0 unspecified atom stereocenters. The lowest BCUT2D eigenvalue weighted by Crippen LogP contribution is -2.33. The lowest BCUT2D eigenvalue weighted by atomic mass is 9.80. The van der Waals surface area contributed by atoms with Crippen LogP contribution in [0.1, 0.15) is 31.5 Å². The second-order valence-electron chi connectivity index (χ2n) is 5.09. The van der Waals surface area contributed by atoms with Gasteiger partial charge in [-0.2, -0.15) is 5.10 Å². The molecule has 0 amide bonds. The van der Waals surface area contributed by atoms with E-state index >= 15 is 0 Å². The molecule has 5 nitrogen and oxygen atoms in total. The number of esters is 1. The van der Waals surface area contributed by atoms with Crippen molar-refractivity contribution < 1.29 is 9.53 Å². The summed E-state index contributed by atoms with van der Waals surface area (Å²) in [5.74, 6) is -0.139. The Labute approximate surface area is 121 Å². The Morgan fingerprint density at radius 3 is 2.95 bits per heavy atom. The molecular formula is C14H16ClN3O2. The van der Waals surface area contributed by atoms with E-state index in [-0.39, 0.29) is 17.9 Å². The topological polar surface area (TPSA) is 57.0 Å². The van der Waals surface area contributed by atoms with Crippen LogP contribution in [0.25, 0.3) is 10.9 Å². The smallest absolute Gasteiger partial charge is 0.308 e. The monoisotopic (exact) mass is 293 g/mol. The van der Waals surface area contributed by atoms with E-state index in [9.17, 15) is 4.79 Å². The molecule has 106 valence electrons. The van der Waals surface area contributed by atoms with Gasteiger partial charge in [-0.05, 0) is 25.3 Å². The average Bonchev–Trinajstić information content (AvgIpc) is 2.77. The SMILES string of the molecule is CCc1nn(C2CC(C(=O)OC)C2)c2ccnc(Cl)c12. The Bertz CT molecular complexity index is 662. The van der Waals surface area contributed by atoms with Gasteiger partial charge in [0.25, 0.3) is 0 Å². The number of fused-ring (bicyclic) bond motifs is 1. The molecule has 1 saturated carbocycles. The molecule has 1 aliphatic rings. The highest BCUT2D eigenvalue weighted by atomic mass is 35.5. The third-order valence-electron chi connectivity index (χ3n) is 3.98. The number of carbonyl (C=O) groups is 1. The summed E-state index contributed by atoms with van der Waals surface area (Å²) in [6.45, 7) is 2.05. The zero-order valence-electron chi connectivity index (χ0n) is 11.5. The van der Waals surface area contributed by atoms with E-state index in [4.69, 9.17) is 16.3 Å². The molecule has 0 radical (unpaired) electrons. The molecule has 2 heterocycles. The van der Waals surface area contributed by atoms with Gasteiger partial charge < -0.3 is 4.74 Å². The van der Waals surface area contributed by atoms with E-state index in [1.54, 1.807) is 6.20 Å². The number of halogens is 1. The third kappa shape index (κ3) is 1.97. The van der Waals surface area contributed by atoms with Crippen LogP contribution in [0.5, 0.6) is 0 Å². The van der Waals surface area contributed by atoms with Gasteiger partial charge in [-0.1, -0.05) is 18.5 Å². The van der Waals surface area contributed by atoms with Crippen LogP contribution in [0.4, 0.5) is 0 Å². The molecule has 1 aliphatic carbocycles. The number of aryl methyl sites for hydroxylation is 1. The van der Waals surface area contributed by atoms with Crippen molar-refractivity contribution in [2.75, 3.05) is 7.11 Å². The first-order valence-electron chi connectivity index (χ1n) is 6.75. The molecule has 3 rings (SSSR count). The largest absolute Gasteiger partial charge is 0.469 e. The maximum Gasteiger partial charge on any atom is 0.308 e. The van der Waals surface area contributed by atoms with Gasteiger partial charge in [0.1, 0.15) is 5.15 Å². The molecule has 0 bridgehead atoms. The predicted molar refractivity (Wildman–Crippen MR) is 75.7 cm³/mol. The van der Waals surface area contributed by atoms with E-state index < -0.39 is 0 Å². The molecule has 0 aliphatic heterocycles. The Hall–Kier alpha value is -1.62. The van der Waals surface area contributed by atoms with Crippen molar-refractivity contribution in [3.05, 3.63) is 23.1 Å². The second kappa shape index (κ2) is 5.05. The number of ether oxygens (including phenoxy) is 1. The number of rotatable bonds is 3. The van der Waals surface area contributed by atoms with Gasteiger partial charge in [-0.15, -0.1) is 0 Å². The maximum absolute atomic E-state index is 11.5. The van der Waals surface area contributed by atoms with Crippen LogP contribution in [0.15, 0.2) is 12.3 Å². The van der Waals surface area contributed by atoms with E-state index in [0.29, 0.717) is 5.15 Å². The zero-order valence-corrected chi connectivity index (χ0v) is 12.2. The Balaban J connectivity index is 1.94. The van der Waals surface area contributed by atoms with Gasteiger partial charge in [0.15, 0.2) is 0 Å². The Kier molecular flexibility index (Phi) is 3.38. The first kappa shape index (κ1) is 13.4. The molecule has 6 heteroatoms. The van der Waals surface area contributed by atoms with Crippen molar-refractivity contribution in [1.82, 2.24) is 14.8 Å². The van der Waals surface area contributed by atoms with Crippen LogP contribution in [-0.4, -0.2) is 27.8 Å². The van der Waals surface area contributed by atoms with E-state index in [1.807, 2.05) is 17.7 Å². The number of carbonyl (C=O) groups excluding carboxylic acids is 1. The van der Waals surface area contributed by atoms with Gasteiger partial charge in [-0.3, -0.25) is 9.48 Å². The Morgan fingerprint density at radius 2 is 2.30 bits per heavy atom. The van der Waals surface area contributed by atoms with Crippen LogP contribution < -0.4 is 0 Å². The first-order valence-corrected chi connectivity index (χ1v) is 7.12. The normalized spacial score (nSPS) is 21.8. The highest BCUT2D eigenvalue weighted by molar-refractivity contribution is 6.34. The summed E-state index contributed by atoms with van der Waals surface area (Å²) >= 11 is 6.18. The number of aromatic nitrogens is 3. The van der Waals surface area contributed by atoms with E-state index in [2.05, 4.69) is 10.1 Å². The minimum Gasteiger partial charge on any atom is -0.469 e. The number of methoxy groups -OCH3 is 1. The summed E-state index contributed by atoms with van der Waals surface area (Å²) < 4.78 is 6.76. The first-order chi connectivity index (χ1) is 9.65. The summed E-state index contributed by atoms with van der Waals surface area (Å²) in [6.07, 6.45) is 4.04. The minimum absolute atomic E-state index is 0.00774. The maximum atomic E-state index is 11.5. The fourth-order valence-electron chi connectivity index (χ4n) is 2.79. The van der Waals surface area contributed by atoms with Crippen molar-refractivity contribution in [2.45, 2.75) is 32.2 Å². The molecule has 20 heavy (non-hydrogen) atoms. The lowest BCUT2D eigenvalue weighted by molar-refractivity contribution is -0.149. The van der Waals surface area contributed by atoms with E-state index in [1.165, 1.54) is 7.11 Å². The van der Waals surface area contributed by atoms with Gasteiger partial charge in [0.2, 0.25) is 0 Å². The molecule has 1 fully saturated rings. The van der Waals surface area contributed by atoms with Crippen molar-refractivity contribution in [2.24, 2.45) is 5.92 Å². The predicted octanol–water partition coefficient (Wildman–Crippen LogP) is 2.77. The van der Waals surface area contributed by atoms with Crippen LogP contribution in [-0.2, 0) is 16.0 Å². The minimum atomic E-state index is -0.131. The van der Waals surface area contributed by atoms with Crippen molar-refractivity contribution >= 4 is 28.5 Å². The summed E-state index contributed by atoms with van der Waals surface area (Å²) in [4.78, 5) is 15.6. The quantitative estimate of drug-likeness (QED) is 0.645. The average molecular weight is 294 g/mol. The van der Waals surface area contributed by atoms with Crippen LogP contribution in [0.3, 0.4) is 0 Å². The number of hydrogen-bond acceptors (Lipinski definition) is 4. The van der Waals surface area contributed by atoms with Crippen molar-refractivity contribution in [3.63, 3.8) is 0 Å². The fourth-order valence-corrected chi connectivity index (χ4v) is 3.05. The van der Waals surface area contributed by atoms with Crippen LogP contribution >= 0.6 is 11.6 Å². The van der Waals surface area contributed by atoms with Crippen molar-refractivity contribution in [3.8, 4) is 0 Å². The number of nitrogens with zero attached hydrogens (tertiary/aromatic N) is 3. The summed E-state index contributed by atoms with van der Waals surface area (Å²) in [7, 11) is 1.43. The fraction of sp³-hybridized carbons (Fsp3) is 0.500. The highest BCUT2D eigenvalue weighted by Gasteiger charge is 2.37. The highest BCUT2D eigenvalue weighted by Crippen LogP contribution is 2.40. The van der Waals surface area contributed by atoms with Crippen LogP contribution in [0.2, 0.25) is 5.15 Å². The summed E-state index contributed by atoms with van der Waals surface area (Å²) in [6, 6.07) is 2.17. The van der Waals surface area contributed by atoms with Crippen molar-refractivity contribution in [1.29, 1.82) is 0 Å². The summed E-state index contributed by atoms with van der Waals surface area (Å²) in [5, 5.41) is 6.07. The van der Waals surface area contributed by atoms with Gasteiger partial charge in [-0.25, -0.2) is 4.98 Å². The second-order valence-corrected chi connectivity index (χ2v) is 5.44. The van der Waals surface area contributed by atoms with Crippen LogP contribution in [0, 0.1) is 5.92 Å². The summed E-state index contributed by atoms with van der Waals surface area (Å²) in [5.41, 5.74) is 1.95. The van der Waals surface area contributed by atoms with Gasteiger partial charge in [0, 0.05) is 6.20 Å². The van der Waals surface area contributed by atoms with E-state index in [0.717, 1.165) is 35.9 Å². The molecule has 0 spiro atoms. The zero-order chi connectivity index (χ0) is 14.3. The molecule has 0 aromatic carbocycles. The number of hydrogen-bond donors (Lipinski definition) is 0. The molecule has 2 aromatic rings. The standard InChI is InChI=1S/C14H16ClN3O2/c1-3-10-12-11(4-5-16-13(12)15)18(17-10)9-6-8(7-9)14(19)20-2/h4-5,8-9H,3,6-7H2,1-2H3. The van der Waals surface area contributed by atoms with Gasteiger partial charge in [0.05, 0.1) is 35.7 Å². The number of pyridine rings is 1. The molecule has 0 N–H and O–H groups in total. The lowest BCUT2D eigenvalue weighted by Gasteiger charge is -2.33.